The predicted molar refractivity (Wildman–Crippen MR) is 26.9 cm³/mol. The van der Waals surface area contributed by atoms with Crippen molar-refractivity contribution in [3.05, 3.63) is 10.6 Å². The van der Waals surface area contributed by atoms with Gasteiger partial charge in [-0.25, -0.2) is 0 Å². The second-order valence-corrected chi connectivity index (χ2v) is 1.42. The van der Waals surface area contributed by atoms with Gasteiger partial charge in [0.25, 0.3) is 0 Å². The van der Waals surface area contributed by atoms with Crippen LogP contribution in [0.15, 0.2) is 10.6 Å². The van der Waals surface area contributed by atoms with Crippen LogP contribution in [0.1, 0.15) is 0 Å². The van der Waals surface area contributed by atoms with Crippen molar-refractivity contribution in [1.82, 2.24) is 0 Å². The van der Waals surface area contributed by atoms with Crippen molar-refractivity contribution >= 4 is 23.2 Å². The number of rotatable bonds is 1. The molecule has 0 spiro atoms. The smallest absolute Gasteiger partial charge is 0.0796 e. The normalized spacial score (nSPS) is 10.4. The molecule has 0 rings (SSSR count). The van der Waals surface area contributed by atoms with E-state index >= 15 is 0 Å². The van der Waals surface area contributed by atoms with Crippen molar-refractivity contribution in [2.45, 2.75) is 0 Å². The molecule has 0 aromatic carbocycles. The first-order chi connectivity index (χ1) is 2.81. The first-order valence-corrected chi connectivity index (χ1v) is 2.18. The van der Waals surface area contributed by atoms with Crippen LogP contribution < -0.4 is 0 Å². The summed E-state index contributed by atoms with van der Waals surface area (Å²) >= 11 is 10.1. The Morgan fingerprint density at radius 3 is 2.14 bits per heavy atom. The van der Waals surface area contributed by atoms with Gasteiger partial charge >= 0.3 is 0 Å². The van der Waals surface area contributed by atoms with Crippen LogP contribution >= 0.6 is 23.2 Å². The van der Waals surface area contributed by atoms with E-state index in [9.17, 15) is 0 Å². The van der Waals surface area contributed by atoms with Crippen LogP contribution in [0.2, 0.25) is 0 Å². The van der Waals surface area contributed by atoms with E-state index < -0.39 is 0 Å². The van der Waals surface area contributed by atoms with Crippen molar-refractivity contribution in [1.29, 1.82) is 0 Å². The molecule has 0 saturated carbocycles. The topological polar surface area (TPSA) is 20.2 Å². The maximum atomic E-state index is 8.05. The Bertz CT molecular complexity index is 64.0. The Hall–Kier alpha value is 1.22. The monoisotopic (exact) mass is 328 g/mol. The van der Waals surface area contributed by atoms with Gasteiger partial charge in [0.15, 0.2) is 0 Å². The average molecular weight is 328 g/mol. The summed E-state index contributed by atoms with van der Waals surface area (Å²) in [6, 6.07) is 0. The maximum absolute atomic E-state index is 8.05. The largest absolute Gasteiger partial charge is 0.391 e. The molecule has 0 saturated heterocycles. The van der Waals surface area contributed by atoms with Crippen molar-refractivity contribution in [2.75, 3.05) is 6.61 Å². The summed E-state index contributed by atoms with van der Waals surface area (Å²) in [4.78, 5) is 0. The molecule has 1 N–H and O–H groups in total. The fourth-order valence-corrected chi connectivity index (χ4v) is 0.104. The van der Waals surface area contributed by atoms with Gasteiger partial charge in [-0.15, -0.1) is 0 Å². The van der Waals surface area contributed by atoms with E-state index in [4.69, 9.17) is 28.3 Å². The summed E-state index contributed by atoms with van der Waals surface area (Å²) < 4.78 is 0. The van der Waals surface area contributed by atoms with Crippen molar-refractivity contribution in [3.8, 4) is 0 Å². The first-order valence-electron chi connectivity index (χ1n) is 1.37. The van der Waals surface area contributed by atoms with E-state index in [0.717, 1.165) is 5.54 Å². The van der Waals surface area contributed by atoms with Gasteiger partial charge in [0.2, 0.25) is 0 Å². The van der Waals surface area contributed by atoms with E-state index in [2.05, 4.69) is 0 Å². The summed E-state index contributed by atoms with van der Waals surface area (Å²) in [5.74, 6) is 0. The average Bonchev–Trinajstić information content (AvgIpc) is 1.65. The van der Waals surface area contributed by atoms with E-state index in [1.807, 2.05) is 0 Å². The van der Waals surface area contributed by atoms with Crippen molar-refractivity contribution in [2.24, 2.45) is 0 Å². The van der Waals surface area contributed by atoms with Crippen LogP contribution in [0, 0.1) is 0 Å². The van der Waals surface area contributed by atoms with Gasteiger partial charge in [-0.1, -0.05) is 23.2 Å². The molecule has 38 valence electrons. The number of hydrogen-bond donors (Lipinski definition) is 1. The molecule has 0 heterocycles. The van der Waals surface area contributed by atoms with Crippen LogP contribution in [-0.4, -0.2) is 11.7 Å². The molecule has 4 heteroatoms. The minimum absolute atomic E-state index is 0. The molecular weight excluding hydrogens is 324 g/mol. The first kappa shape index (κ1) is 11.1. The number of halogens is 2. The van der Waals surface area contributed by atoms with Crippen LogP contribution in [0.25, 0.3) is 0 Å². The van der Waals surface area contributed by atoms with E-state index in [1.54, 1.807) is 0 Å². The third-order valence-electron chi connectivity index (χ3n) is 0.269. The van der Waals surface area contributed by atoms with Gasteiger partial charge in [-0.3, -0.25) is 0 Å². The van der Waals surface area contributed by atoms with Gasteiger partial charge < -0.3 is 5.11 Å². The molecule has 0 radical (unpaired) electrons. The van der Waals surface area contributed by atoms with Gasteiger partial charge in [0.1, 0.15) is 0 Å². The summed E-state index contributed by atoms with van der Waals surface area (Å²) in [5, 5.41) is 8.31. The number of aliphatic hydroxyl groups is 1. The molecule has 0 aliphatic rings. The molecule has 0 unspecified atom stereocenters. The summed E-state index contributed by atoms with van der Waals surface area (Å²) in [5.41, 5.74) is 1.13. The molecule has 0 fully saturated rings. The molecule has 7 heavy (non-hydrogen) atoms. The van der Waals surface area contributed by atoms with E-state index in [-0.39, 0.29) is 39.3 Å². The number of hydrogen-bond acceptors (Lipinski definition) is 1. The Labute approximate surface area is 72.8 Å². The minimum atomic E-state index is -0.176. The molecule has 0 aliphatic heterocycles. The summed E-state index contributed by atoms with van der Waals surface area (Å²) in [6.45, 7) is -0.176. The van der Waals surface area contributed by atoms with Crippen LogP contribution in [0.3, 0.4) is 0 Å². The molecule has 1 nitrogen and oxygen atoms in total. The molecular formula is C3H4Cl2HgO. The van der Waals surface area contributed by atoms with Crippen LogP contribution in [0.4, 0.5) is 0 Å². The van der Waals surface area contributed by atoms with Crippen molar-refractivity contribution < 1.29 is 32.8 Å². The van der Waals surface area contributed by atoms with Crippen LogP contribution in [-0.2, 0) is 27.7 Å². The third-order valence-corrected chi connectivity index (χ3v) is 0.873. The van der Waals surface area contributed by atoms with Gasteiger partial charge in [-0.05, 0) is 0 Å². The zero-order chi connectivity index (χ0) is 4.99. The maximum Gasteiger partial charge on any atom is 0.0796 e. The van der Waals surface area contributed by atoms with Gasteiger partial charge in [-0.2, -0.15) is 0 Å². The Balaban J connectivity index is 0. The SMILES string of the molecule is OC/C(Cl)=C\Cl.[Hg]. The zero-order valence-corrected chi connectivity index (χ0v) is 10.7. The second-order valence-electron chi connectivity index (χ2n) is 0.714. The Kier molecular flexibility index (Phi) is 11.4. The molecule has 0 amide bonds. The molecule has 0 aromatic heterocycles. The summed E-state index contributed by atoms with van der Waals surface area (Å²) in [7, 11) is 0. The van der Waals surface area contributed by atoms with E-state index in [1.165, 1.54) is 0 Å². The minimum Gasteiger partial charge on any atom is -0.391 e. The Morgan fingerprint density at radius 1 is 1.71 bits per heavy atom. The predicted octanol–water partition coefficient (Wildman–Crippen LogP) is 1.30. The molecule has 0 atom stereocenters. The quantitative estimate of drug-likeness (QED) is 0.720. The molecule has 0 aromatic rings. The third kappa shape index (κ3) is 7.22. The van der Waals surface area contributed by atoms with E-state index in [0.29, 0.717) is 0 Å². The molecule has 0 aliphatic carbocycles. The van der Waals surface area contributed by atoms with Crippen molar-refractivity contribution in [3.63, 3.8) is 0 Å². The fraction of sp³-hybridized carbons (Fsp3) is 0.333. The fourth-order valence-electron chi connectivity index (χ4n) is 0.0345. The van der Waals surface area contributed by atoms with Gasteiger partial charge in [0, 0.05) is 33.2 Å². The molecule has 0 bridgehead atoms. The second kappa shape index (κ2) is 7.22. The van der Waals surface area contributed by atoms with Crippen LogP contribution in [0.5, 0.6) is 0 Å². The Morgan fingerprint density at radius 2 is 2.14 bits per heavy atom. The number of aliphatic hydroxyl groups excluding tert-OH is 1. The summed E-state index contributed by atoms with van der Waals surface area (Å²) in [6.07, 6.45) is 0. The van der Waals surface area contributed by atoms with Gasteiger partial charge in [0.05, 0.1) is 11.6 Å². The zero-order valence-electron chi connectivity index (χ0n) is 3.69. The standard InChI is InChI=1S/C3H4Cl2O.Hg/c4-1-3(5)2-6;/h1,6H,2H2;/b3-1+;.